The lowest BCUT2D eigenvalue weighted by atomic mass is 10.1. The Balaban J connectivity index is 1.69. The first kappa shape index (κ1) is 15.9. The topological polar surface area (TPSA) is 42.7 Å². The number of benzene rings is 1. The third-order valence-electron chi connectivity index (χ3n) is 3.89. The second-order valence-corrected chi connectivity index (χ2v) is 6.62. The van der Waals surface area contributed by atoms with E-state index in [4.69, 9.17) is 9.15 Å². The zero-order valence-corrected chi connectivity index (χ0v) is 13.6. The summed E-state index contributed by atoms with van der Waals surface area (Å²) >= 11 is 1.79. The van der Waals surface area contributed by atoms with Crippen LogP contribution in [0.2, 0.25) is 0 Å². The molecule has 0 aliphatic carbocycles. The van der Waals surface area contributed by atoms with Gasteiger partial charge in [-0.2, -0.15) is 0 Å². The summed E-state index contributed by atoms with van der Waals surface area (Å²) in [5.74, 6) is 1.25. The molecule has 1 atom stereocenters. The molecule has 1 saturated heterocycles. The molecule has 3 rings (SSSR count). The van der Waals surface area contributed by atoms with Gasteiger partial charge in [0.2, 0.25) is 0 Å². The Bertz CT molecular complexity index is 674. The maximum atomic E-state index is 13.8. The largest absolute Gasteiger partial charge is 0.494 e. The number of carbonyl (C=O) groups excluding carboxylic acids is 1. The average molecular weight is 335 g/mol. The fourth-order valence-corrected chi connectivity index (χ4v) is 3.84. The van der Waals surface area contributed by atoms with E-state index >= 15 is 0 Å². The smallest absolute Gasteiger partial charge is 0.253 e. The molecule has 4 nitrogen and oxygen atoms in total. The predicted molar refractivity (Wildman–Crippen MR) is 87.4 cm³/mol. The molecule has 1 fully saturated rings. The number of rotatable bonds is 3. The van der Waals surface area contributed by atoms with Gasteiger partial charge in [0.25, 0.3) is 5.91 Å². The standard InChI is InChI=1S/C17H18FNO3S/c1-21-14-5-4-12(11-13(14)18)17(20)19-7-6-16(23-10-8-19)15-3-2-9-22-15/h2-5,9,11,16H,6-8,10H2,1H3/t16-/m0/s1. The molecule has 23 heavy (non-hydrogen) atoms. The summed E-state index contributed by atoms with van der Waals surface area (Å²) in [6.07, 6.45) is 2.49. The second-order valence-electron chi connectivity index (χ2n) is 5.31. The quantitative estimate of drug-likeness (QED) is 0.857. The van der Waals surface area contributed by atoms with Gasteiger partial charge in [0.15, 0.2) is 11.6 Å². The van der Waals surface area contributed by atoms with Crippen LogP contribution in [0.15, 0.2) is 41.0 Å². The molecule has 0 bridgehead atoms. The summed E-state index contributed by atoms with van der Waals surface area (Å²) in [5.41, 5.74) is 0.352. The molecule has 6 heteroatoms. The van der Waals surface area contributed by atoms with Crippen LogP contribution in [0, 0.1) is 5.82 Å². The predicted octanol–water partition coefficient (Wildman–Crippen LogP) is 3.75. The van der Waals surface area contributed by atoms with E-state index in [9.17, 15) is 9.18 Å². The highest BCUT2D eigenvalue weighted by Gasteiger charge is 2.24. The monoisotopic (exact) mass is 335 g/mol. The van der Waals surface area contributed by atoms with E-state index in [1.165, 1.54) is 19.2 Å². The van der Waals surface area contributed by atoms with E-state index in [2.05, 4.69) is 0 Å². The van der Waals surface area contributed by atoms with Crippen LogP contribution in [0.1, 0.15) is 27.8 Å². The molecule has 1 aliphatic rings. The minimum atomic E-state index is -0.518. The van der Waals surface area contributed by atoms with Crippen molar-refractivity contribution in [1.82, 2.24) is 4.90 Å². The average Bonchev–Trinajstić information content (AvgIpc) is 2.99. The Hall–Kier alpha value is -1.95. The molecule has 2 heterocycles. The van der Waals surface area contributed by atoms with Crippen molar-refractivity contribution in [3.05, 3.63) is 53.7 Å². The highest BCUT2D eigenvalue weighted by molar-refractivity contribution is 7.99. The maximum absolute atomic E-state index is 13.8. The molecular formula is C17H18FNO3S. The van der Waals surface area contributed by atoms with E-state index < -0.39 is 5.82 Å². The van der Waals surface area contributed by atoms with Crippen molar-refractivity contribution in [2.75, 3.05) is 26.0 Å². The van der Waals surface area contributed by atoms with E-state index in [0.29, 0.717) is 18.7 Å². The van der Waals surface area contributed by atoms with Gasteiger partial charge < -0.3 is 14.1 Å². The van der Waals surface area contributed by atoms with Crippen LogP contribution in [0.3, 0.4) is 0 Å². The fourth-order valence-electron chi connectivity index (χ4n) is 2.66. The third kappa shape index (κ3) is 3.52. The Labute approximate surface area is 138 Å². The summed E-state index contributed by atoms with van der Waals surface area (Å²) in [4.78, 5) is 14.4. The van der Waals surface area contributed by atoms with Crippen LogP contribution in [0.5, 0.6) is 5.75 Å². The number of hydrogen-bond donors (Lipinski definition) is 0. The first-order valence-corrected chi connectivity index (χ1v) is 8.51. The van der Waals surface area contributed by atoms with Gasteiger partial charge in [-0.25, -0.2) is 4.39 Å². The second kappa shape index (κ2) is 7.08. The number of hydrogen-bond acceptors (Lipinski definition) is 4. The van der Waals surface area contributed by atoms with Gasteiger partial charge in [0, 0.05) is 24.4 Å². The Morgan fingerprint density at radius 2 is 2.26 bits per heavy atom. The van der Waals surface area contributed by atoms with Gasteiger partial charge in [-0.15, -0.1) is 11.8 Å². The number of amides is 1. The van der Waals surface area contributed by atoms with Crippen molar-refractivity contribution in [2.45, 2.75) is 11.7 Å². The minimum Gasteiger partial charge on any atom is -0.494 e. The van der Waals surface area contributed by atoms with E-state index in [1.54, 1.807) is 29.0 Å². The molecule has 122 valence electrons. The number of methoxy groups -OCH3 is 1. The molecule has 2 aromatic rings. The normalized spacial score (nSPS) is 18.5. The number of halogens is 1. The molecule has 1 aliphatic heterocycles. The zero-order valence-electron chi connectivity index (χ0n) is 12.8. The first-order chi connectivity index (χ1) is 11.2. The van der Waals surface area contributed by atoms with Crippen LogP contribution < -0.4 is 4.74 Å². The number of furan rings is 1. The van der Waals surface area contributed by atoms with Gasteiger partial charge in [-0.1, -0.05) is 0 Å². The zero-order chi connectivity index (χ0) is 16.2. The van der Waals surface area contributed by atoms with Gasteiger partial charge in [0.05, 0.1) is 18.6 Å². The molecule has 0 spiro atoms. The van der Waals surface area contributed by atoms with Gasteiger partial charge >= 0.3 is 0 Å². The maximum Gasteiger partial charge on any atom is 0.253 e. The molecule has 0 saturated carbocycles. The van der Waals surface area contributed by atoms with Crippen molar-refractivity contribution < 1.29 is 18.3 Å². The van der Waals surface area contributed by atoms with E-state index in [1.807, 2.05) is 12.1 Å². The molecule has 1 aromatic carbocycles. The summed E-state index contributed by atoms with van der Waals surface area (Å²) in [7, 11) is 1.40. The lowest BCUT2D eigenvalue weighted by molar-refractivity contribution is 0.0765. The van der Waals surface area contributed by atoms with Crippen molar-refractivity contribution in [3.8, 4) is 5.75 Å². The Kier molecular flexibility index (Phi) is 4.91. The molecule has 0 N–H and O–H groups in total. The minimum absolute atomic E-state index is 0.144. The highest BCUT2D eigenvalue weighted by atomic mass is 32.2. The molecule has 0 unspecified atom stereocenters. The summed E-state index contributed by atoms with van der Waals surface area (Å²) in [5, 5.41) is 0.260. The third-order valence-corrected chi connectivity index (χ3v) is 5.18. The van der Waals surface area contributed by atoms with Crippen LogP contribution in [-0.2, 0) is 0 Å². The van der Waals surface area contributed by atoms with Crippen molar-refractivity contribution in [3.63, 3.8) is 0 Å². The highest BCUT2D eigenvalue weighted by Crippen LogP contribution is 2.34. The SMILES string of the molecule is COc1ccc(C(=O)N2CCS[C@H](c3ccco3)CC2)cc1F. The lowest BCUT2D eigenvalue weighted by Crippen LogP contribution is -2.33. The van der Waals surface area contributed by atoms with Crippen molar-refractivity contribution in [1.29, 1.82) is 0 Å². The summed E-state index contributed by atoms with van der Waals surface area (Å²) in [6.45, 7) is 1.28. The molecule has 1 aromatic heterocycles. The van der Waals surface area contributed by atoms with E-state index in [0.717, 1.165) is 17.9 Å². The Morgan fingerprint density at radius 1 is 1.39 bits per heavy atom. The molecular weight excluding hydrogens is 317 g/mol. The van der Waals surface area contributed by atoms with Crippen LogP contribution in [0.4, 0.5) is 4.39 Å². The number of thioether (sulfide) groups is 1. The molecule has 1 amide bonds. The van der Waals surface area contributed by atoms with Crippen LogP contribution in [0.25, 0.3) is 0 Å². The lowest BCUT2D eigenvalue weighted by Gasteiger charge is -2.20. The van der Waals surface area contributed by atoms with Gasteiger partial charge in [0.1, 0.15) is 5.76 Å². The Morgan fingerprint density at radius 3 is 2.96 bits per heavy atom. The van der Waals surface area contributed by atoms with E-state index in [-0.39, 0.29) is 16.9 Å². The van der Waals surface area contributed by atoms with Crippen molar-refractivity contribution in [2.24, 2.45) is 0 Å². The number of nitrogens with zero attached hydrogens (tertiary/aromatic N) is 1. The summed E-state index contributed by atoms with van der Waals surface area (Å²) in [6, 6.07) is 8.17. The molecule has 0 radical (unpaired) electrons. The van der Waals surface area contributed by atoms with Crippen LogP contribution >= 0.6 is 11.8 Å². The fraction of sp³-hybridized carbons (Fsp3) is 0.353. The first-order valence-electron chi connectivity index (χ1n) is 7.47. The van der Waals surface area contributed by atoms with Crippen LogP contribution in [-0.4, -0.2) is 36.8 Å². The van der Waals surface area contributed by atoms with Gasteiger partial charge in [-0.3, -0.25) is 4.79 Å². The summed E-state index contributed by atoms with van der Waals surface area (Å²) < 4.78 is 24.1. The van der Waals surface area contributed by atoms with Crippen molar-refractivity contribution >= 4 is 17.7 Å². The van der Waals surface area contributed by atoms with Gasteiger partial charge in [-0.05, 0) is 36.8 Å². The number of ether oxygens (including phenoxy) is 1. The number of carbonyl (C=O) groups is 1.